The molecule has 0 aliphatic rings. The standard InChI is InChI=1S/C17H16N6S/c1-2-14-21-16(13-5-8-24-17(13)22-14)20-10-12-3-4-15(19-9-12)23-7-6-18-11-23/h3-9,11H,2,10H2,1H3,(H,20,21,22). The van der Waals surface area contributed by atoms with Crippen LogP contribution < -0.4 is 5.32 Å². The van der Waals surface area contributed by atoms with Crippen LogP contribution in [0.25, 0.3) is 16.0 Å². The molecule has 4 aromatic rings. The van der Waals surface area contributed by atoms with Crippen molar-refractivity contribution >= 4 is 27.4 Å². The number of hydrogen-bond acceptors (Lipinski definition) is 6. The highest BCUT2D eigenvalue weighted by atomic mass is 32.1. The third kappa shape index (κ3) is 2.85. The second kappa shape index (κ2) is 6.37. The van der Waals surface area contributed by atoms with E-state index in [4.69, 9.17) is 0 Å². The van der Waals surface area contributed by atoms with Crippen LogP contribution in [0.3, 0.4) is 0 Å². The van der Waals surface area contributed by atoms with E-state index in [1.807, 2.05) is 28.4 Å². The van der Waals surface area contributed by atoms with Crippen molar-refractivity contribution in [3.63, 3.8) is 0 Å². The van der Waals surface area contributed by atoms with Gasteiger partial charge < -0.3 is 5.32 Å². The van der Waals surface area contributed by atoms with Crippen LogP contribution in [0, 0.1) is 0 Å². The minimum absolute atomic E-state index is 0.669. The zero-order valence-corrected chi connectivity index (χ0v) is 14.0. The normalized spacial score (nSPS) is 11.0. The summed E-state index contributed by atoms with van der Waals surface area (Å²) in [5.41, 5.74) is 1.10. The molecule has 0 aliphatic carbocycles. The van der Waals surface area contributed by atoms with E-state index in [1.54, 1.807) is 23.9 Å². The van der Waals surface area contributed by atoms with Gasteiger partial charge in [-0.05, 0) is 23.1 Å². The molecule has 0 atom stereocenters. The molecule has 0 bridgehead atoms. The van der Waals surface area contributed by atoms with Gasteiger partial charge in [-0.15, -0.1) is 11.3 Å². The fourth-order valence-electron chi connectivity index (χ4n) is 2.45. The zero-order valence-electron chi connectivity index (χ0n) is 13.2. The first-order valence-electron chi connectivity index (χ1n) is 7.74. The first-order chi connectivity index (χ1) is 11.8. The lowest BCUT2D eigenvalue weighted by atomic mass is 10.2. The maximum Gasteiger partial charge on any atom is 0.138 e. The zero-order chi connectivity index (χ0) is 16.4. The number of thiophene rings is 1. The monoisotopic (exact) mass is 336 g/mol. The summed E-state index contributed by atoms with van der Waals surface area (Å²) in [6.07, 6.45) is 8.05. The summed E-state index contributed by atoms with van der Waals surface area (Å²) in [5, 5.41) is 6.53. The second-order valence-electron chi connectivity index (χ2n) is 5.33. The van der Waals surface area contributed by atoms with Gasteiger partial charge in [0.25, 0.3) is 0 Å². The fraction of sp³-hybridized carbons (Fsp3) is 0.176. The summed E-state index contributed by atoms with van der Waals surface area (Å²) in [4.78, 5) is 18.7. The lowest BCUT2D eigenvalue weighted by molar-refractivity contribution is 0.951. The number of fused-ring (bicyclic) bond motifs is 1. The molecule has 7 heteroatoms. The van der Waals surface area contributed by atoms with E-state index in [1.165, 1.54) is 0 Å². The number of anilines is 1. The van der Waals surface area contributed by atoms with Crippen LogP contribution in [0.1, 0.15) is 18.3 Å². The molecule has 0 amide bonds. The Hall–Kier alpha value is -2.80. The van der Waals surface area contributed by atoms with Gasteiger partial charge in [0.05, 0.1) is 5.39 Å². The molecule has 0 spiro atoms. The Morgan fingerprint density at radius 2 is 2.17 bits per heavy atom. The van der Waals surface area contributed by atoms with Gasteiger partial charge >= 0.3 is 0 Å². The van der Waals surface area contributed by atoms with Crippen molar-refractivity contribution in [1.82, 2.24) is 24.5 Å². The third-order valence-electron chi connectivity index (χ3n) is 3.73. The topological polar surface area (TPSA) is 68.5 Å². The van der Waals surface area contributed by atoms with E-state index in [9.17, 15) is 0 Å². The third-order valence-corrected chi connectivity index (χ3v) is 4.53. The van der Waals surface area contributed by atoms with Crippen LogP contribution in [-0.2, 0) is 13.0 Å². The molecule has 6 nitrogen and oxygen atoms in total. The van der Waals surface area contributed by atoms with E-state index < -0.39 is 0 Å². The number of pyridine rings is 1. The van der Waals surface area contributed by atoms with Crippen molar-refractivity contribution in [3.05, 3.63) is 59.9 Å². The molecular formula is C17H16N6S. The molecule has 0 unspecified atom stereocenters. The van der Waals surface area contributed by atoms with Crippen molar-refractivity contribution < 1.29 is 0 Å². The number of aryl methyl sites for hydroxylation is 1. The van der Waals surface area contributed by atoms with Crippen molar-refractivity contribution in [2.45, 2.75) is 19.9 Å². The molecule has 4 rings (SSSR count). The van der Waals surface area contributed by atoms with Gasteiger partial charge in [0.2, 0.25) is 0 Å². The molecular weight excluding hydrogens is 320 g/mol. The Kier molecular flexibility index (Phi) is 3.92. The molecule has 120 valence electrons. The number of rotatable bonds is 5. The van der Waals surface area contributed by atoms with Crippen molar-refractivity contribution in [3.8, 4) is 5.82 Å². The van der Waals surface area contributed by atoms with Crippen molar-refractivity contribution in [2.24, 2.45) is 0 Å². The van der Waals surface area contributed by atoms with Gasteiger partial charge in [-0.25, -0.2) is 19.9 Å². The fourth-order valence-corrected chi connectivity index (χ4v) is 3.23. The molecule has 0 aliphatic heterocycles. The Labute approximate surface area is 143 Å². The maximum absolute atomic E-state index is 4.62. The maximum atomic E-state index is 4.62. The van der Waals surface area contributed by atoms with Gasteiger partial charge in [0.1, 0.15) is 28.6 Å². The number of imidazole rings is 1. The minimum atomic E-state index is 0.669. The molecule has 4 heterocycles. The molecule has 0 fully saturated rings. The molecule has 0 aromatic carbocycles. The van der Waals surface area contributed by atoms with E-state index in [-0.39, 0.29) is 0 Å². The summed E-state index contributed by atoms with van der Waals surface area (Å²) in [7, 11) is 0. The SMILES string of the molecule is CCc1nc(NCc2ccc(-n3ccnc3)nc2)c2ccsc2n1. The van der Waals surface area contributed by atoms with E-state index in [2.05, 4.69) is 44.3 Å². The molecule has 24 heavy (non-hydrogen) atoms. The molecule has 1 N–H and O–H groups in total. The summed E-state index contributed by atoms with van der Waals surface area (Å²) >= 11 is 1.64. The van der Waals surface area contributed by atoms with Crippen LogP contribution >= 0.6 is 11.3 Å². The predicted molar refractivity (Wildman–Crippen MR) is 95.5 cm³/mol. The highest BCUT2D eigenvalue weighted by molar-refractivity contribution is 7.16. The van der Waals surface area contributed by atoms with Gasteiger partial charge in [0, 0.05) is 31.6 Å². The van der Waals surface area contributed by atoms with Crippen LogP contribution in [0.4, 0.5) is 5.82 Å². The first-order valence-corrected chi connectivity index (χ1v) is 8.62. The Balaban J connectivity index is 1.53. The van der Waals surface area contributed by atoms with Crippen LogP contribution in [0.5, 0.6) is 0 Å². The van der Waals surface area contributed by atoms with Gasteiger partial charge in [-0.2, -0.15) is 0 Å². The Morgan fingerprint density at radius 3 is 2.92 bits per heavy atom. The highest BCUT2D eigenvalue weighted by Crippen LogP contribution is 2.25. The lowest BCUT2D eigenvalue weighted by Gasteiger charge is -2.09. The predicted octanol–water partition coefficient (Wildman–Crippen LogP) is 3.45. The average molecular weight is 336 g/mol. The van der Waals surface area contributed by atoms with Gasteiger partial charge in [-0.3, -0.25) is 4.57 Å². The molecule has 0 radical (unpaired) electrons. The number of nitrogens with zero attached hydrogens (tertiary/aromatic N) is 5. The summed E-state index contributed by atoms with van der Waals surface area (Å²) in [6.45, 7) is 2.74. The van der Waals surface area contributed by atoms with Crippen LogP contribution in [-0.4, -0.2) is 24.5 Å². The largest absolute Gasteiger partial charge is 0.365 e. The molecule has 0 saturated carbocycles. The van der Waals surface area contributed by atoms with E-state index in [0.29, 0.717) is 6.54 Å². The summed E-state index contributed by atoms with van der Waals surface area (Å²) in [5.74, 6) is 2.60. The first kappa shape index (κ1) is 14.8. The minimum Gasteiger partial charge on any atom is -0.365 e. The van der Waals surface area contributed by atoms with Crippen LogP contribution in [0.15, 0.2) is 48.5 Å². The average Bonchev–Trinajstić information content (AvgIpc) is 3.31. The molecule has 0 saturated heterocycles. The van der Waals surface area contributed by atoms with Gasteiger partial charge in [-0.1, -0.05) is 13.0 Å². The Morgan fingerprint density at radius 1 is 1.21 bits per heavy atom. The number of aromatic nitrogens is 5. The van der Waals surface area contributed by atoms with E-state index in [0.717, 1.165) is 39.7 Å². The van der Waals surface area contributed by atoms with Crippen molar-refractivity contribution in [2.75, 3.05) is 5.32 Å². The van der Waals surface area contributed by atoms with Crippen LogP contribution in [0.2, 0.25) is 0 Å². The second-order valence-corrected chi connectivity index (χ2v) is 6.22. The lowest BCUT2D eigenvalue weighted by Crippen LogP contribution is -2.05. The van der Waals surface area contributed by atoms with E-state index >= 15 is 0 Å². The Bertz CT molecular complexity index is 943. The molecule has 4 aromatic heterocycles. The quantitative estimate of drug-likeness (QED) is 0.604. The number of nitrogens with one attached hydrogen (secondary N) is 1. The smallest absolute Gasteiger partial charge is 0.138 e. The summed E-state index contributed by atoms with van der Waals surface area (Å²) in [6, 6.07) is 6.10. The van der Waals surface area contributed by atoms with Gasteiger partial charge in [0.15, 0.2) is 0 Å². The highest BCUT2D eigenvalue weighted by Gasteiger charge is 2.08. The summed E-state index contributed by atoms with van der Waals surface area (Å²) < 4.78 is 1.88. The van der Waals surface area contributed by atoms with Crippen molar-refractivity contribution in [1.29, 1.82) is 0 Å². The number of hydrogen-bond donors (Lipinski definition) is 1.